The van der Waals surface area contributed by atoms with Gasteiger partial charge in [-0.15, -0.1) is 6.58 Å². The predicted molar refractivity (Wildman–Crippen MR) is 99.3 cm³/mol. The molecule has 2 aliphatic rings. The first-order valence-electron chi connectivity index (χ1n) is 9.10. The van der Waals surface area contributed by atoms with Gasteiger partial charge in [-0.3, -0.25) is 0 Å². The van der Waals surface area contributed by atoms with E-state index in [4.69, 9.17) is 9.47 Å². The molecule has 1 saturated heterocycles. The molecule has 0 spiro atoms. The predicted octanol–water partition coefficient (Wildman–Crippen LogP) is 6.00. The second kappa shape index (κ2) is 6.40. The van der Waals surface area contributed by atoms with Crippen molar-refractivity contribution in [1.82, 2.24) is 0 Å². The molecule has 0 radical (unpaired) electrons. The molecule has 2 nitrogen and oxygen atoms in total. The Morgan fingerprint density at radius 1 is 1.29 bits per heavy atom. The number of fused-ring (bicyclic) bond motifs is 3. The number of para-hydroxylation sites is 1. The molecule has 4 atom stereocenters. The van der Waals surface area contributed by atoms with Gasteiger partial charge in [0.1, 0.15) is 11.4 Å². The Bertz CT molecular complexity index is 643. The summed E-state index contributed by atoms with van der Waals surface area (Å²) in [5.74, 6) is 1.36. The maximum atomic E-state index is 6.56. The van der Waals surface area contributed by atoms with Crippen molar-refractivity contribution in [2.24, 2.45) is 5.92 Å². The number of benzene rings is 1. The van der Waals surface area contributed by atoms with Crippen molar-refractivity contribution in [2.75, 3.05) is 0 Å². The summed E-state index contributed by atoms with van der Waals surface area (Å²) in [4.78, 5) is 0. The van der Waals surface area contributed by atoms with E-state index in [1.165, 1.54) is 11.1 Å². The lowest BCUT2D eigenvalue weighted by atomic mass is 9.71. The van der Waals surface area contributed by atoms with Crippen molar-refractivity contribution >= 4 is 0 Å². The van der Waals surface area contributed by atoms with Crippen molar-refractivity contribution in [3.05, 3.63) is 54.1 Å². The lowest BCUT2D eigenvalue weighted by Crippen LogP contribution is -2.52. The number of hydrogen-bond donors (Lipinski definition) is 0. The molecule has 0 N–H and O–H groups in total. The topological polar surface area (TPSA) is 18.5 Å². The van der Waals surface area contributed by atoms with Crippen LogP contribution in [0.3, 0.4) is 0 Å². The molecule has 1 fully saturated rings. The van der Waals surface area contributed by atoms with E-state index < -0.39 is 0 Å². The molecule has 2 heteroatoms. The summed E-state index contributed by atoms with van der Waals surface area (Å²) < 4.78 is 13.1. The fraction of sp³-hybridized carbons (Fsp3) is 0.545. The van der Waals surface area contributed by atoms with E-state index in [2.05, 4.69) is 58.5 Å². The van der Waals surface area contributed by atoms with Crippen molar-refractivity contribution in [1.29, 1.82) is 0 Å². The Kier molecular flexibility index (Phi) is 4.61. The third-order valence-electron chi connectivity index (χ3n) is 5.69. The fourth-order valence-corrected chi connectivity index (χ4v) is 4.10. The summed E-state index contributed by atoms with van der Waals surface area (Å²) in [5, 5.41) is 0. The van der Waals surface area contributed by atoms with Crippen LogP contribution >= 0.6 is 0 Å². The highest BCUT2D eigenvalue weighted by molar-refractivity contribution is 5.39. The maximum absolute atomic E-state index is 6.56. The minimum atomic E-state index is -0.244. The standard InChI is InChI=1S/C22H30O2/c1-6-21(4)15-13-18-20(24-21)17-11-7-8-12-19(17)23-22(18,5)14-9-10-16(2)3/h6-8,10-12,18,20H,1,9,13-15H2,2-5H3/t18-,20+,21+,22+/m1/s1. The second-order valence-corrected chi connectivity index (χ2v) is 7.97. The number of hydrogen-bond acceptors (Lipinski definition) is 2. The number of allylic oxidation sites excluding steroid dienone is 2. The first-order chi connectivity index (χ1) is 11.4. The Balaban J connectivity index is 1.94. The van der Waals surface area contributed by atoms with Gasteiger partial charge < -0.3 is 9.47 Å². The van der Waals surface area contributed by atoms with E-state index >= 15 is 0 Å². The highest BCUT2D eigenvalue weighted by Gasteiger charge is 2.51. The molecular formula is C22H30O2. The SMILES string of the molecule is C=C[C@@]1(C)CC[C@@H]2[C@@H](O1)c1ccccc1O[C@@]2(C)CCC=C(C)C. The van der Waals surface area contributed by atoms with Crippen LogP contribution in [0.4, 0.5) is 0 Å². The van der Waals surface area contributed by atoms with Crippen LogP contribution in [0.2, 0.25) is 0 Å². The van der Waals surface area contributed by atoms with Crippen LogP contribution in [0.5, 0.6) is 5.75 Å². The summed E-state index contributed by atoms with van der Waals surface area (Å²) in [6, 6.07) is 8.35. The van der Waals surface area contributed by atoms with E-state index in [-0.39, 0.29) is 17.3 Å². The van der Waals surface area contributed by atoms with Gasteiger partial charge in [-0.05, 0) is 59.4 Å². The Morgan fingerprint density at radius 2 is 2.04 bits per heavy atom. The molecule has 1 aromatic carbocycles. The maximum Gasteiger partial charge on any atom is 0.125 e. The first-order valence-corrected chi connectivity index (χ1v) is 9.10. The van der Waals surface area contributed by atoms with Crippen LogP contribution in [-0.4, -0.2) is 11.2 Å². The fourth-order valence-electron chi connectivity index (χ4n) is 4.10. The Morgan fingerprint density at radius 3 is 2.75 bits per heavy atom. The monoisotopic (exact) mass is 326 g/mol. The molecule has 1 aromatic rings. The van der Waals surface area contributed by atoms with Gasteiger partial charge in [0.25, 0.3) is 0 Å². The van der Waals surface area contributed by atoms with Crippen molar-refractivity contribution in [3.63, 3.8) is 0 Å². The van der Waals surface area contributed by atoms with Crippen LogP contribution in [0.15, 0.2) is 48.6 Å². The number of ether oxygens (including phenoxy) is 2. The van der Waals surface area contributed by atoms with E-state index in [1.807, 2.05) is 12.1 Å². The molecule has 0 saturated carbocycles. The largest absolute Gasteiger partial charge is 0.487 e. The molecule has 130 valence electrons. The van der Waals surface area contributed by atoms with Gasteiger partial charge in [0.15, 0.2) is 0 Å². The van der Waals surface area contributed by atoms with Gasteiger partial charge in [0.2, 0.25) is 0 Å². The van der Waals surface area contributed by atoms with E-state index in [0.29, 0.717) is 5.92 Å². The molecular weight excluding hydrogens is 296 g/mol. The Labute approximate surface area is 146 Å². The van der Waals surface area contributed by atoms with Crippen LogP contribution in [0.1, 0.15) is 65.0 Å². The Hall–Kier alpha value is -1.54. The first kappa shape index (κ1) is 17.3. The van der Waals surface area contributed by atoms with Crippen LogP contribution in [0.25, 0.3) is 0 Å². The third kappa shape index (κ3) is 3.17. The lowest BCUT2D eigenvalue weighted by Gasteiger charge is -2.52. The minimum absolute atomic E-state index is 0.0865. The van der Waals surface area contributed by atoms with E-state index in [0.717, 1.165) is 31.4 Å². The quantitative estimate of drug-likeness (QED) is 0.632. The van der Waals surface area contributed by atoms with E-state index in [9.17, 15) is 0 Å². The smallest absolute Gasteiger partial charge is 0.125 e. The molecule has 0 amide bonds. The van der Waals surface area contributed by atoms with Gasteiger partial charge in [-0.2, -0.15) is 0 Å². The van der Waals surface area contributed by atoms with Crippen LogP contribution in [-0.2, 0) is 4.74 Å². The summed E-state index contributed by atoms with van der Waals surface area (Å²) in [7, 11) is 0. The van der Waals surface area contributed by atoms with Gasteiger partial charge in [-0.25, -0.2) is 0 Å². The third-order valence-corrected chi connectivity index (χ3v) is 5.69. The molecule has 2 aliphatic heterocycles. The molecule has 0 bridgehead atoms. The highest BCUT2D eigenvalue weighted by Crippen LogP contribution is 2.54. The number of rotatable bonds is 4. The van der Waals surface area contributed by atoms with Gasteiger partial charge in [-0.1, -0.05) is 35.9 Å². The van der Waals surface area contributed by atoms with Crippen molar-refractivity contribution < 1.29 is 9.47 Å². The summed E-state index contributed by atoms with van der Waals surface area (Å²) in [5.41, 5.74) is 2.13. The zero-order valence-electron chi connectivity index (χ0n) is 15.5. The van der Waals surface area contributed by atoms with Gasteiger partial charge in [0.05, 0.1) is 11.7 Å². The van der Waals surface area contributed by atoms with Crippen molar-refractivity contribution in [3.8, 4) is 5.75 Å². The normalized spacial score (nSPS) is 34.5. The molecule has 24 heavy (non-hydrogen) atoms. The molecule has 0 aliphatic carbocycles. The minimum Gasteiger partial charge on any atom is -0.487 e. The average Bonchev–Trinajstić information content (AvgIpc) is 2.54. The molecule has 0 unspecified atom stereocenters. The summed E-state index contributed by atoms with van der Waals surface area (Å²) >= 11 is 0. The molecule has 2 heterocycles. The zero-order valence-corrected chi connectivity index (χ0v) is 15.5. The van der Waals surface area contributed by atoms with E-state index in [1.54, 1.807) is 0 Å². The van der Waals surface area contributed by atoms with Crippen LogP contribution < -0.4 is 4.74 Å². The molecule has 0 aromatic heterocycles. The molecule has 3 rings (SSSR count). The van der Waals surface area contributed by atoms with Crippen LogP contribution in [0, 0.1) is 5.92 Å². The summed E-state index contributed by atoms with van der Waals surface area (Å²) in [6.07, 6.45) is 8.52. The van der Waals surface area contributed by atoms with Gasteiger partial charge >= 0.3 is 0 Å². The van der Waals surface area contributed by atoms with Crippen molar-refractivity contribution in [2.45, 2.75) is 70.7 Å². The highest BCUT2D eigenvalue weighted by atomic mass is 16.5. The lowest BCUT2D eigenvalue weighted by molar-refractivity contribution is -0.178. The second-order valence-electron chi connectivity index (χ2n) is 7.97. The van der Waals surface area contributed by atoms with Gasteiger partial charge in [0, 0.05) is 11.5 Å². The zero-order chi connectivity index (χ0) is 17.4. The summed E-state index contributed by atoms with van der Waals surface area (Å²) in [6.45, 7) is 12.7. The average molecular weight is 326 g/mol.